The third kappa shape index (κ3) is 4.49. The highest BCUT2D eigenvalue weighted by molar-refractivity contribution is 6.31. The Morgan fingerprint density at radius 3 is 2.45 bits per heavy atom. The molecular weight excluding hydrogens is 475 g/mol. The zero-order valence-corrected chi connectivity index (χ0v) is 18.7. The molecule has 1 aliphatic rings. The summed E-state index contributed by atoms with van der Waals surface area (Å²) in [7, 11) is 0. The molecule has 3 aromatic rings. The number of halogens is 4. The van der Waals surface area contributed by atoms with Crippen LogP contribution in [0.5, 0.6) is 0 Å². The number of benzene rings is 1. The average Bonchev–Trinajstić information content (AvgIpc) is 2.76. The number of pyridine rings is 1. The maximum absolute atomic E-state index is 13.9. The molecule has 33 heavy (non-hydrogen) atoms. The number of nitrogens with zero attached hydrogens (tertiary/aromatic N) is 5. The fourth-order valence-corrected chi connectivity index (χ4v) is 4.23. The topological polar surface area (TPSA) is 83.9 Å². The van der Waals surface area contributed by atoms with Crippen LogP contribution in [-0.4, -0.2) is 33.1 Å². The van der Waals surface area contributed by atoms with Gasteiger partial charge in [-0.15, -0.1) is 0 Å². The van der Waals surface area contributed by atoms with Crippen molar-refractivity contribution in [2.24, 2.45) is 0 Å². The summed E-state index contributed by atoms with van der Waals surface area (Å²) >= 11 is 12.2. The largest absolute Gasteiger partial charge is 0.357 e. The SMILES string of the molecule is N#CCn1c(N2CCC(F)(F)CC2)c(-c2cccc(Cl)c2)c(=O)n(-c2cncc(Cl)c2)c1=O. The summed E-state index contributed by atoms with van der Waals surface area (Å²) in [6.45, 7) is -0.579. The van der Waals surface area contributed by atoms with Crippen molar-refractivity contribution in [2.45, 2.75) is 25.3 Å². The zero-order valence-electron chi connectivity index (χ0n) is 17.1. The van der Waals surface area contributed by atoms with Gasteiger partial charge in [0.1, 0.15) is 12.4 Å². The van der Waals surface area contributed by atoms with Gasteiger partial charge >= 0.3 is 5.69 Å². The molecule has 7 nitrogen and oxygen atoms in total. The van der Waals surface area contributed by atoms with Gasteiger partial charge in [0, 0.05) is 37.2 Å². The highest BCUT2D eigenvalue weighted by atomic mass is 35.5. The molecule has 0 aliphatic carbocycles. The van der Waals surface area contributed by atoms with Gasteiger partial charge in [0.05, 0.1) is 28.5 Å². The van der Waals surface area contributed by atoms with E-state index >= 15 is 0 Å². The maximum Gasteiger partial charge on any atom is 0.338 e. The number of rotatable bonds is 4. The molecule has 2 aromatic heterocycles. The second-order valence-corrected chi connectivity index (χ2v) is 8.45. The van der Waals surface area contributed by atoms with Crippen molar-refractivity contribution < 1.29 is 8.78 Å². The van der Waals surface area contributed by atoms with E-state index in [1.807, 2.05) is 6.07 Å². The minimum Gasteiger partial charge on any atom is -0.357 e. The molecule has 0 spiro atoms. The molecule has 1 fully saturated rings. The first-order valence-corrected chi connectivity index (χ1v) is 10.7. The fourth-order valence-electron chi connectivity index (χ4n) is 3.88. The predicted molar refractivity (Wildman–Crippen MR) is 122 cm³/mol. The highest BCUT2D eigenvalue weighted by Gasteiger charge is 2.36. The van der Waals surface area contributed by atoms with Gasteiger partial charge in [0.15, 0.2) is 0 Å². The van der Waals surface area contributed by atoms with E-state index in [9.17, 15) is 23.6 Å². The number of piperidine rings is 1. The van der Waals surface area contributed by atoms with Crippen LogP contribution in [-0.2, 0) is 6.54 Å². The average molecular weight is 492 g/mol. The van der Waals surface area contributed by atoms with Crippen molar-refractivity contribution in [1.82, 2.24) is 14.1 Å². The van der Waals surface area contributed by atoms with E-state index < -0.39 is 36.6 Å². The molecule has 0 N–H and O–H groups in total. The summed E-state index contributed by atoms with van der Waals surface area (Å²) in [6.07, 6.45) is 1.77. The summed E-state index contributed by atoms with van der Waals surface area (Å²) in [6, 6.07) is 9.76. The van der Waals surface area contributed by atoms with E-state index in [0.717, 1.165) is 9.13 Å². The second kappa shape index (κ2) is 8.96. The van der Waals surface area contributed by atoms with Gasteiger partial charge in [0.25, 0.3) is 11.5 Å². The van der Waals surface area contributed by atoms with Crippen molar-refractivity contribution in [3.8, 4) is 22.9 Å². The molecule has 0 unspecified atom stereocenters. The first kappa shape index (κ1) is 23.0. The Bertz CT molecular complexity index is 1370. The number of alkyl halides is 2. The predicted octanol–water partition coefficient (Wildman–Crippen LogP) is 4.13. The molecule has 0 atom stereocenters. The summed E-state index contributed by atoms with van der Waals surface area (Å²) in [5.41, 5.74) is -0.936. The Kier molecular flexibility index (Phi) is 6.23. The van der Waals surface area contributed by atoms with Crippen LogP contribution in [0.3, 0.4) is 0 Å². The maximum atomic E-state index is 13.9. The molecule has 1 saturated heterocycles. The number of hydrogen-bond acceptors (Lipinski definition) is 5. The van der Waals surface area contributed by atoms with Crippen LogP contribution in [0.1, 0.15) is 12.8 Å². The van der Waals surface area contributed by atoms with Crippen LogP contribution >= 0.6 is 23.2 Å². The lowest BCUT2D eigenvalue weighted by Gasteiger charge is -2.35. The van der Waals surface area contributed by atoms with Crippen molar-refractivity contribution in [2.75, 3.05) is 18.0 Å². The molecule has 1 aliphatic heterocycles. The smallest absolute Gasteiger partial charge is 0.338 e. The van der Waals surface area contributed by atoms with Gasteiger partial charge in [0.2, 0.25) is 0 Å². The van der Waals surface area contributed by atoms with E-state index in [1.165, 1.54) is 18.5 Å². The quantitative estimate of drug-likeness (QED) is 0.547. The van der Waals surface area contributed by atoms with E-state index in [2.05, 4.69) is 4.98 Å². The number of anilines is 1. The summed E-state index contributed by atoms with van der Waals surface area (Å²) in [4.78, 5) is 32.7. The molecule has 170 valence electrons. The Hall–Kier alpha value is -3.22. The summed E-state index contributed by atoms with van der Waals surface area (Å²) < 4.78 is 29.7. The van der Waals surface area contributed by atoms with E-state index in [4.69, 9.17) is 23.2 Å². The Morgan fingerprint density at radius 2 is 1.82 bits per heavy atom. The van der Waals surface area contributed by atoms with Gasteiger partial charge in [-0.2, -0.15) is 5.26 Å². The standard InChI is InChI=1S/C22H17Cl2F2N5O2/c23-15-3-1-2-14(10-15)18-19(29-7-4-22(25,26)5-8-29)30(9-6-27)21(33)31(20(18)32)17-11-16(24)12-28-13-17/h1-3,10-13H,4-5,7-9H2. The molecule has 0 bridgehead atoms. The van der Waals surface area contributed by atoms with Gasteiger partial charge in [-0.05, 0) is 23.8 Å². The fraction of sp³-hybridized carbons (Fsp3) is 0.273. The van der Waals surface area contributed by atoms with Crippen LogP contribution in [0, 0.1) is 11.3 Å². The number of aromatic nitrogens is 3. The van der Waals surface area contributed by atoms with Gasteiger partial charge in [-0.1, -0.05) is 35.3 Å². The van der Waals surface area contributed by atoms with E-state index in [0.29, 0.717) is 10.6 Å². The normalized spacial score (nSPS) is 15.3. The van der Waals surface area contributed by atoms with Crippen LogP contribution < -0.4 is 16.1 Å². The molecule has 0 amide bonds. The second-order valence-electron chi connectivity index (χ2n) is 7.58. The van der Waals surface area contributed by atoms with Gasteiger partial charge in [-0.25, -0.2) is 18.1 Å². The van der Waals surface area contributed by atoms with Crippen molar-refractivity contribution in [3.63, 3.8) is 0 Å². The van der Waals surface area contributed by atoms with Crippen molar-refractivity contribution >= 4 is 29.0 Å². The minimum absolute atomic E-state index is 0.0672. The first-order chi connectivity index (χ1) is 15.7. The lowest BCUT2D eigenvalue weighted by Crippen LogP contribution is -2.47. The molecule has 4 rings (SSSR count). The molecular formula is C22H17Cl2F2N5O2. The molecule has 1 aromatic carbocycles. The number of nitriles is 1. The first-order valence-electron chi connectivity index (χ1n) is 9.98. The van der Waals surface area contributed by atoms with E-state index in [1.54, 1.807) is 29.2 Å². The Labute approximate surface area is 197 Å². The Balaban J connectivity index is 2.08. The third-order valence-electron chi connectivity index (χ3n) is 5.40. The van der Waals surface area contributed by atoms with Crippen molar-refractivity contribution in [1.29, 1.82) is 5.26 Å². The van der Waals surface area contributed by atoms with E-state index in [-0.39, 0.29) is 35.2 Å². The third-order valence-corrected chi connectivity index (χ3v) is 5.85. The summed E-state index contributed by atoms with van der Waals surface area (Å²) in [5, 5.41) is 9.99. The highest BCUT2D eigenvalue weighted by Crippen LogP contribution is 2.34. The Morgan fingerprint density at radius 1 is 1.09 bits per heavy atom. The summed E-state index contributed by atoms with van der Waals surface area (Å²) in [5.74, 6) is -2.73. The minimum atomic E-state index is -2.84. The van der Waals surface area contributed by atoms with Crippen LogP contribution in [0.4, 0.5) is 14.6 Å². The van der Waals surface area contributed by atoms with Crippen LogP contribution in [0.25, 0.3) is 16.8 Å². The lowest BCUT2D eigenvalue weighted by atomic mass is 10.0. The van der Waals surface area contributed by atoms with Crippen LogP contribution in [0.2, 0.25) is 10.0 Å². The number of hydrogen-bond donors (Lipinski definition) is 0. The zero-order chi connectivity index (χ0) is 23.8. The van der Waals surface area contributed by atoms with Crippen LogP contribution in [0.15, 0.2) is 52.3 Å². The molecule has 0 radical (unpaired) electrons. The van der Waals surface area contributed by atoms with Crippen molar-refractivity contribution in [3.05, 3.63) is 73.6 Å². The molecule has 3 heterocycles. The van der Waals surface area contributed by atoms with Gasteiger partial charge < -0.3 is 4.90 Å². The molecule has 0 saturated carbocycles. The lowest BCUT2D eigenvalue weighted by molar-refractivity contribution is -0.0222. The monoisotopic (exact) mass is 491 g/mol. The molecule has 11 heteroatoms. The van der Waals surface area contributed by atoms with Gasteiger partial charge in [-0.3, -0.25) is 14.3 Å².